The second-order valence-corrected chi connectivity index (χ2v) is 6.71. The summed E-state index contributed by atoms with van der Waals surface area (Å²) in [5.41, 5.74) is -0.890. The minimum atomic E-state index is -0.890. The Balaban J connectivity index is 1.89. The van der Waals surface area contributed by atoms with E-state index in [0.29, 0.717) is 13.0 Å². The number of amides is 1. The standard InChI is InChI=1S/C16H28N2O3/c1-16(15(20)21)10-6-7-11-18(16)12-14(19)17-13-8-4-2-3-5-9-13/h13H,2-12H2,1H3,(H,17,19)(H,20,21). The number of piperidine rings is 1. The van der Waals surface area contributed by atoms with E-state index in [9.17, 15) is 14.7 Å². The van der Waals surface area contributed by atoms with E-state index in [4.69, 9.17) is 0 Å². The summed E-state index contributed by atoms with van der Waals surface area (Å²) in [5, 5.41) is 12.6. The van der Waals surface area contributed by atoms with Crippen LogP contribution in [0.15, 0.2) is 0 Å². The number of carboxylic acid groups (broad SMARTS) is 1. The summed E-state index contributed by atoms with van der Waals surface area (Å²) in [7, 11) is 0. The second kappa shape index (κ2) is 7.25. The highest BCUT2D eigenvalue weighted by Crippen LogP contribution is 2.28. The molecule has 2 rings (SSSR count). The van der Waals surface area contributed by atoms with Crippen LogP contribution < -0.4 is 5.32 Å². The summed E-state index contributed by atoms with van der Waals surface area (Å²) in [5.74, 6) is -0.833. The molecule has 0 aromatic carbocycles. The van der Waals surface area contributed by atoms with Gasteiger partial charge in [-0.05, 0) is 45.6 Å². The Morgan fingerprint density at radius 1 is 1.14 bits per heavy atom. The Morgan fingerprint density at radius 3 is 2.43 bits per heavy atom. The minimum Gasteiger partial charge on any atom is -0.480 e. The maximum atomic E-state index is 12.3. The zero-order valence-corrected chi connectivity index (χ0v) is 13.1. The summed E-state index contributed by atoms with van der Waals surface area (Å²) in [6, 6.07) is 0.279. The number of likely N-dealkylation sites (tertiary alicyclic amines) is 1. The average molecular weight is 296 g/mol. The molecule has 2 fully saturated rings. The van der Waals surface area contributed by atoms with E-state index < -0.39 is 11.5 Å². The Morgan fingerprint density at radius 2 is 1.81 bits per heavy atom. The molecule has 0 radical (unpaired) electrons. The first-order chi connectivity index (χ1) is 10.0. The van der Waals surface area contributed by atoms with Gasteiger partial charge in [0.1, 0.15) is 5.54 Å². The molecule has 21 heavy (non-hydrogen) atoms. The van der Waals surface area contributed by atoms with Crippen molar-refractivity contribution in [2.45, 2.75) is 76.3 Å². The van der Waals surface area contributed by atoms with Gasteiger partial charge in [-0.15, -0.1) is 0 Å². The molecule has 1 saturated carbocycles. The maximum Gasteiger partial charge on any atom is 0.323 e. The van der Waals surface area contributed by atoms with E-state index in [-0.39, 0.29) is 18.5 Å². The highest BCUT2D eigenvalue weighted by molar-refractivity contribution is 5.82. The van der Waals surface area contributed by atoms with E-state index in [1.54, 1.807) is 6.92 Å². The fourth-order valence-corrected chi connectivity index (χ4v) is 3.54. The molecule has 5 nitrogen and oxygen atoms in total. The topological polar surface area (TPSA) is 69.6 Å². The smallest absolute Gasteiger partial charge is 0.323 e. The molecule has 0 aromatic rings. The van der Waals surface area contributed by atoms with Crippen molar-refractivity contribution < 1.29 is 14.7 Å². The molecule has 2 N–H and O–H groups in total. The molecule has 1 aliphatic carbocycles. The number of aliphatic carboxylic acids is 1. The highest BCUT2D eigenvalue weighted by atomic mass is 16.4. The Labute approximate surface area is 127 Å². The highest BCUT2D eigenvalue weighted by Gasteiger charge is 2.42. The number of hydrogen-bond donors (Lipinski definition) is 2. The Bertz CT molecular complexity index is 378. The van der Waals surface area contributed by atoms with Crippen LogP contribution in [0.2, 0.25) is 0 Å². The first-order valence-electron chi connectivity index (χ1n) is 8.30. The fourth-order valence-electron chi connectivity index (χ4n) is 3.54. The lowest BCUT2D eigenvalue weighted by Crippen LogP contribution is -2.58. The summed E-state index contributed by atoms with van der Waals surface area (Å²) >= 11 is 0. The number of carbonyl (C=O) groups is 2. The van der Waals surface area contributed by atoms with Gasteiger partial charge in [0.15, 0.2) is 0 Å². The number of nitrogens with one attached hydrogen (secondary N) is 1. The molecule has 1 heterocycles. The van der Waals surface area contributed by atoms with Gasteiger partial charge < -0.3 is 10.4 Å². The lowest BCUT2D eigenvalue weighted by molar-refractivity contribution is -0.153. The van der Waals surface area contributed by atoms with Gasteiger partial charge in [-0.2, -0.15) is 0 Å². The number of carbonyl (C=O) groups excluding carboxylic acids is 1. The van der Waals surface area contributed by atoms with Gasteiger partial charge in [-0.1, -0.05) is 25.7 Å². The molecular weight excluding hydrogens is 268 g/mol. The van der Waals surface area contributed by atoms with Gasteiger partial charge in [0.2, 0.25) is 5.91 Å². The number of nitrogens with zero attached hydrogens (tertiary/aromatic N) is 1. The molecule has 1 atom stereocenters. The second-order valence-electron chi connectivity index (χ2n) is 6.71. The largest absolute Gasteiger partial charge is 0.480 e. The van der Waals surface area contributed by atoms with Crippen LogP contribution in [0.4, 0.5) is 0 Å². The van der Waals surface area contributed by atoms with Crippen LogP contribution in [0.5, 0.6) is 0 Å². The molecule has 5 heteroatoms. The summed E-state index contributed by atoms with van der Waals surface area (Å²) in [6.07, 6.45) is 9.51. The van der Waals surface area contributed by atoms with Crippen molar-refractivity contribution in [1.29, 1.82) is 0 Å². The van der Waals surface area contributed by atoms with E-state index in [0.717, 1.165) is 25.7 Å². The number of rotatable bonds is 4. The van der Waals surface area contributed by atoms with Crippen molar-refractivity contribution in [1.82, 2.24) is 10.2 Å². The van der Waals surface area contributed by atoms with Gasteiger partial charge in [-0.3, -0.25) is 14.5 Å². The van der Waals surface area contributed by atoms with Crippen LogP contribution in [0, 0.1) is 0 Å². The van der Waals surface area contributed by atoms with Crippen LogP contribution in [0.25, 0.3) is 0 Å². The number of hydrogen-bond acceptors (Lipinski definition) is 3. The first-order valence-corrected chi connectivity index (χ1v) is 8.30. The van der Waals surface area contributed by atoms with Crippen molar-refractivity contribution in [2.24, 2.45) is 0 Å². The van der Waals surface area contributed by atoms with Crippen molar-refractivity contribution in [3.05, 3.63) is 0 Å². The molecule has 0 bridgehead atoms. The van der Waals surface area contributed by atoms with E-state index >= 15 is 0 Å². The van der Waals surface area contributed by atoms with Gasteiger partial charge in [0.25, 0.3) is 0 Å². The molecule has 2 aliphatic rings. The lowest BCUT2D eigenvalue weighted by atomic mass is 9.88. The van der Waals surface area contributed by atoms with Crippen LogP contribution in [-0.2, 0) is 9.59 Å². The molecule has 1 unspecified atom stereocenters. The molecular formula is C16H28N2O3. The Hall–Kier alpha value is -1.10. The van der Waals surface area contributed by atoms with Gasteiger partial charge in [0.05, 0.1) is 6.54 Å². The molecule has 1 amide bonds. The molecule has 120 valence electrons. The van der Waals surface area contributed by atoms with Gasteiger partial charge >= 0.3 is 5.97 Å². The molecule has 0 spiro atoms. The maximum absolute atomic E-state index is 12.3. The van der Waals surface area contributed by atoms with E-state index in [1.165, 1.54) is 25.7 Å². The number of carboxylic acids is 1. The molecule has 0 aromatic heterocycles. The van der Waals surface area contributed by atoms with E-state index in [2.05, 4.69) is 5.32 Å². The normalized spacial score (nSPS) is 28.8. The van der Waals surface area contributed by atoms with E-state index in [1.807, 2.05) is 4.90 Å². The van der Waals surface area contributed by atoms with Crippen molar-refractivity contribution in [2.75, 3.05) is 13.1 Å². The SMILES string of the molecule is CC1(C(=O)O)CCCCN1CC(=O)NC1CCCCCC1. The zero-order chi connectivity index (χ0) is 15.3. The molecule has 1 saturated heterocycles. The van der Waals surface area contributed by atoms with Crippen LogP contribution >= 0.6 is 0 Å². The Kier molecular flexibility index (Phi) is 5.62. The van der Waals surface area contributed by atoms with Crippen molar-refractivity contribution in [3.8, 4) is 0 Å². The van der Waals surface area contributed by atoms with Crippen LogP contribution in [0.1, 0.15) is 64.7 Å². The third-order valence-corrected chi connectivity index (χ3v) is 5.06. The van der Waals surface area contributed by atoms with Crippen molar-refractivity contribution >= 4 is 11.9 Å². The summed E-state index contributed by atoms with van der Waals surface area (Å²) in [4.78, 5) is 25.6. The van der Waals surface area contributed by atoms with Crippen molar-refractivity contribution in [3.63, 3.8) is 0 Å². The third kappa shape index (κ3) is 4.19. The zero-order valence-electron chi connectivity index (χ0n) is 13.1. The fraction of sp³-hybridized carbons (Fsp3) is 0.875. The van der Waals surface area contributed by atoms with Gasteiger partial charge in [-0.25, -0.2) is 0 Å². The predicted molar refractivity (Wildman–Crippen MR) is 81.1 cm³/mol. The minimum absolute atomic E-state index is 0.0173. The predicted octanol–water partition coefficient (Wildman–Crippen LogP) is 2.15. The van der Waals surface area contributed by atoms with Crippen LogP contribution in [0.3, 0.4) is 0 Å². The first kappa shape index (κ1) is 16.3. The van der Waals surface area contributed by atoms with Gasteiger partial charge in [0, 0.05) is 6.04 Å². The van der Waals surface area contributed by atoms with Crippen LogP contribution in [-0.4, -0.2) is 46.6 Å². The third-order valence-electron chi connectivity index (χ3n) is 5.06. The monoisotopic (exact) mass is 296 g/mol. The molecule has 1 aliphatic heterocycles. The summed E-state index contributed by atoms with van der Waals surface area (Å²) in [6.45, 7) is 2.65. The summed E-state index contributed by atoms with van der Waals surface area (Å²) < 4.78 is 0. The average Bonchev–Trinajstić information content (AvgIpc) is 2.70. The quantitative estimate of drug-likeness (QED) is 0.780. The lowest BCUT2D eigenvalue weighted by Gasteiger charge is -2.41.